The average molecular weight is 206 g/mol. The first kappa shape index (κ1) is 12.1. The molecule has 0 unspecified atom stereocenters. The normalized spacial score (nSPS) is 10.5. The molecular weight excluding hydrogens is 184 g/mol. The highest BCUT2D eigenvalue weighted by Gasteiger charge is 1.99. The minimum Gasteiger partial charge on any atom is -0.508 e. The monoisotopic (exact) mass is 206 g/mol. The van der Waals surface area contributed by atoms with E-state index in [1.54, 1.807) is 6.07 Å². The SMILES string of the molecule is CCCCCCCc1ccc(O)cc1C. The maximum Gasteiger partial charge on any atom is 0.115 e. The van der Waals surface area contributed by atoms with Gasteiger partial charge in [-0.25, -0.2) is 0 Å². The second kappa shape index (κ2) is 6.49. The Morgan fingerprint density at radius 3 is 2.47 bits per heavy atom. The Hall–Kier alpha value is -0.980. The molecule has 0 aliphatic rings. The van der Waals surface area contributed by atoms with Gasteiger partial charge in [0, 0.05) is 0 Å². The van der Waals surface area contributed by atoms with E-state index in [9.17, 15) is 5.11 Å². The van der Waals surface area contributed by atoms with E-state index in [2.05, 4.69) is 13.8 Å². The van der Waals surface area contributed by atoms with Crippen LogP contribution in [0, 0.1) is 6.92 Å². The quantitative estimate of drug-likeness (QED) is 0.691. The number of rotatable bonds is 6. The maximum absolute atomic E-state index is 9.28. The lowest BCUT2D eigenvalue weighted by atomic mass is 10.0. The van der Waals surface area contributed by atoms with Gasteiger partial charge in [0.2, 0.25) is 0 Å². The van der Waals surface area contributed by atoms with Crippen LogP contribution in [0.2, 0.25) is 0 Å². The molecule has 0 spiro atoms. The summed E-state index contributed by atoms with van der Waals surface area (Å²) in [6, 6.07) is 5.68. The highest BCUT2D eigenvalue weighted by Crippen LogP contribution is 2.18. The number of phenols is 1. The van der Waals surface area contributed by atoms with Gasteiger partial charge in [0.1, 0.15) is 5.75 Å². The highest BCUT2D eigenvalue weighted by molar-refractivity contribution is 5.33. The number of aromatic hydroxyl groups is 1. The van der Waals surface area contributed by atoms with E-state index in [1.165, 1.54) is 43.2 Å². The van der Waals surface area contributed by atoms with Crippen LogP contribution in [0.5, 0.6) is 5.75 Å². The smallest absolute Gasteiger partial charge is 0.115 e. The summed E-state index contributed by atoms with van der Waals surface area (Å²) in [4.78, 5) is 0. The highest BCUT2D eigenvalue weighted by atomic mass is 16.3. The molecule has 0 aromatic heterocycles. The molecule has 84 valence electrons. The molecule has 0 radical (unpaired) electrons. The molecule has 1 aromatic rings. The van der Waals surface area contributed by atoms with Gasteiger partial charge >= 0.3 is 0 Å². The van der Waals surface area contributed by atoms with Crippen LogP contribution >= 0.6 is 0 Å². The molecule has 0 bridgehead atoms. The molecule has 15 heavy (non-hydrogen) atoms. The summed E-state index contributed by atoms with van der Waals surface area (Å²) in [5.41, 5.74) is 2.59. The fourth-order valence-corrected chi connectivity index (χ4v) is 1.88. The van der Waals surface area contributed by atoms with Gasteiger partial charge in [-0.05, 0) is 43.0 Å². The predicted octanol–water partition coefficient (Wildman–Crippen LogP) is 4.21. The summed E-state index contributed by atoms with van der Waals surface area (Å²) in [5.74, 6) is 0.377. The number of hydrogen-bond donors (Lipinski definition) is 1. The Morgan fingerprint density at radius 2 is 1.80 bits per heavy atom. The molecule has 1 heteroatoms. The zero-order valence-electron chi connectivity index (χ0n) is 9.92. The Labute approximate surface area is 93.1 Å². The van der Waals surface area contributed by atoms with E-state index >= 15 is 0 Å². The molecule has 0 fully saturated rings. The molecule has 0 aliphatic carbocycles. The lowest BCUT2D eigenvalue weighted by Gasteiger charge is -2.06. The standard InChI is InChI=1S/C14H22O/c1-3-4-5-6-7-8-13-9-10-14(15)11-12(13)2/h9-11,15H,3-8H2,1-2H3. The van der Waals surface area contributed by atoms with Crippen molar-refractivity contribution in [2.24, 2.45) is 0 Å². The van der Waals surface area contributed by atoms with Gasteiger partial charge in [-0.2, -0.15) is 0 Å². The van der Waals surface area contributed by atoms with Crippen molar-refractivity contribution >= 4 is 0 Å². The first-order valence-corrected chi connectivity index (χ1v) is 6.02. The van der Waals surface area contributed by atoms with E-state index < -0.39 is 0 Å². The van der Waals surface area contributed by atoms with Gasteiger partial charge in [-0.15, -0.1) is 0 Å². The summed E-state index contributed by atoms with van der Waals surface area (Å²) >= 11 is 0. The largest absolute Gasteiger partial charge is 0.508 e. The van der Waals surface area contributed by atoms with Crippen molar-refractivity contribution in [3.8, 4) is 5.75 Å². The molecule has 1 rings (SSSR count). The van der Waals surface area contributed by atoms with Crippen molar-refractivity contribution in [2.75, 3.05) is 0 Å². The van der Waals surface area contributed by atoms with Gasteiger partial charge in [0.25, 0.3) is 0 Å². The van der Waals surface area contributed by atoms with Crippen molar-refractivity contribution < 1.29 is 5.11 Å². The van der Waals surface area contributed by atoms with Crippen LogP contribution in [0.3, 0.4) is 0 Å². The van der Waals surface area contributed by atoms with Crippen molar-refractivity contribution in [2.45, 2.75) is 52.4 Å². The summed E-state index contributed by atoms with van der Waals surface area (Å²) in [7, 11) is 0. The molecule has 0 atom stereocenters. The molecule has 1 nitrogen and oxygen atoms in total. The van der Waals surface area contributed by atoms with Gasteiger partial charge in [0.15, 0.2) is 0 Å². The Bertz CT molecular complexity index is 291. The first-order valence-electron chi connectivity index (χ1n) is 6.02. The van der Waals surface area contributed by atoms with Crippen LogP contribution in [0.25, 0.3) is 0 Å². The number of hydrogen-bond acceptors (Lipinski definition) is 1. The second-order valence-corrected chi connectivity index (χ2v) is 4.28. The number of benzene rings is 1. The summed E-state index contributed by atoms with van der Waals surface area (Å²) < 4.78 is 0. The van der Waals surface area contributed by atoms with Crippen LogP contribution in [0.15, 0.2) is 18.2 Å². The van der Waals surface area contributed by atoms with E-state index in [4.69, 9.17) is 0 Å². The molecule has 0 heterocycles. The zero-order chi connectivity index (χ0) is 11.1. The fraction of sp³-hybridized carbons (Fsp3) is 0.571. The van der Waals surface area contributed by atoms with Crippen molar-refractivity contribution in [1.82, 2.24) is 0 Å². The topological polar surface area (TPSA) is 20.2 Å². The number of phenolic OH excluding ortho intramolecular Hbond substituents is 1. The molecule has 0 saturated heterocycles. The van der Waals surface area contributed by atoms with Crippen LogP contribution in [0.4, 0.5) is 0 Å². The van der Waals surface area contributed by atoms with E-state index in [0.717, 1.165) is 6.42 Å². The minimum absolute atomic E-state index is 0.377. The molecule has 0 saturated carbocycles. The van der Waals surface area contributed by atoms with Crippen LogP contribution < -0.4 is 0 Å². The van der Waals surface area contributed by atoms with Gasteiger partial charge in [0.05, 0.1) is 0 Å². The third-order valence-electron chi connectivity index (χ3n) is 2.88. The lowest BCUT2D eigenvalue weighted by Crippen LogP contribution is -1.89. The predicted molar refractivity (Wildman–Crippen MR) is 65.3 cm³/mol. The molecule has 1 aromatic carbocycles. The van der Waals surface area contributed by atoms with Crippen LogP contribution in [0.1, 0.15) is 50.2 Å². The second-order valence-electron chi connectivity index (χ2n) is 4.28. The number of aryl methyl sites for hydroxylation is 2. The average Bonchev–Trinajstić information content (AvgIpc) is 2.20. The third kappa shape index (κ3) is 4.37. The van der Waals surface area contributed by atoms with Crippen molar-refractivity contribution in [1.29, 1.82) is 0 Å². The maximum atomic E-state index is 9.28. The van der Waals surface area contributed by atoms with E-state index in [-0.39, 0.29) is 0 Å². The number of unbranched alkanes of at least 4 members (excludes halogenated alkanes) is 4. The van der Waals surface area contributed by atoms with Crippen LogP contribution in [-0.2, 0) is 6.42 Å². The van der Waals surface area contributed by atoms with Crippen molar-refractivity contribution in [3.05, 3.63) is 29.3 Å². The van der Waals surface area contributed by atoms with Gasteiger partial charge in [-0.1, -0.05) is 38.7 Å². The minimum atomic E-state index is 0.377. The Morgan fingerprint density at radius 1 is 1.07 bits per heavy atom. The van der Waals surface area contributed by atoms with E-state index in [0.29, 0.717) is 5.75 Å². The fourth-order valence-electron chi connectivity index (χ4n) is 1.88. The van der Waals surface area contributed by atoms with Crippen LogP contribution in [-0.4, -0.2) is 5.11 Å². The summed E-state index contributed by atoms with van der Waals surface area (Å²) in [6.07, 6.45) is 7.76. The first-order chi connectivity index (χ1) is 7.24. The van der Waals surface area contributed by atoms with E-state index in [1.807, 2.05) is 12.1 Å². The Balaban J connectivity index is 2.31. The zero-order valence-corrected chi connectivity index (χ0v) is 9.92. The Kier molecular flexibility index (Phi) is 5.23. The van der Waals surface area contributed by atoms with Gasteiger partial charge in [-0.3, -0.25) is 0 Å². The lowest BCUT2D eigenvalue weighted by molar-refractivity contribution is 0.474. The molecule has 1 N–H and O–H groups in total. The van der Waals surface area contributed by atoms with Gasteiger partial charge < -0.3 is 5.11 Å². The molecule has 0 aliphatic heterocycles. The third-order valence-corrected chi connectivity index (χ3v) is 2.88. The molecular formula is C14H22O. The summed E-state index contributed by atoms with van der Waals surface area (Å²) in [5, 5.41) is 9.28. The van der Waals surface area contributed by atoms with Crippen molar-refractivity contribution in [3.63, 3.8) is 0 Å². The summed E-state index contributed by atoms with van der Waals surface area (Å²) in [6.45, 7) is 4.31. The molecule has 0 amide bonds.